The molecular weight excluding hydrogens is 306 g/mol. The molecule has 0 radical (unpaired) electrons. The Bertz CT molecular complexity index is 522. The highest BCUT2D eigenvalue weighted by molar-refractivity contribution is 6.28. The Labute approximate surface area is 135 Å². The zero-order chi connectivity index (χ0) is 15.7. The number of anilines is 2. The molecule has 1 aromatic rings. The Morgan fingerprint density at radius 1 is 0.909 bits per heavy atom. The molecule has 2 aliphatic rings. The lowest BCUT2D eigenvalue weighted by atomic mass is 10.2. The van der Waals surface area contributed by atoms with Crippen molar-refractivity contribution in [2.24, 2.45) is 0 Å². The Kier molecular flexibility index (Phi) is 4.65. The molecule has 7 nitrogen and oxygen atoms in total. The maximum absolute atomic E-state index is 6.15. The molecule has 0 spiro atoms. The van der Waals surface area contributed by atoms with Gasteiger partial charge < -0.3 is 19.3 Å². The van der Waals surface area contributed by atoms with Crippen LogP contribution in [0.3, 0.4) is 0 Å². The van der Waals surface area contributed by atoms with Crippen LogP contribution < -0.4 is 9.80 Å². The number of hydrogen-bond donors (Lipinski definition) is 0. The minimum Gasteiger partial charge on any atom is -0.377 e. The maximum atomic E-state index is 6.15. The average molecular weight is 328 g/mol. The Morgan fingerprint density at radius 2 is 1.55 bits per heavy atom. The number of ether oxygens (including phenoxy) is 2. The summed E-state index contributed by atoms with van der Waals surface area (Å²) in [6.07, 6.45) is 0. The van der Waals surface area contributed by atoms with Gasteiger partial charge in [0.15, 0.2) is 0 Å². The van der Waals surface area contributed by atoms with E-state index in [2.05, 4.69) is 45.5 Å². The summed E-state index contributed by atoms with van der Waals surface area (Å²) in [7, 11) is 0. The van der Waals surface area contributed by atoms with Gasteiger partial charge in [0.05, 0.1) is 44.6 Å². The van der Waals surface area contributed by atoms with Gasteiger partial charge >= 0.3 is 0 Å². The molecule has 0 saturated carbocycles. The normalized spacial score (nSPS) is 29.7. The van der Waals surface area contributed by atoms with Crippen LogP contribution in [0.2, 0.25) is 5.28 Å². The molecule has 1 aromatic heterocycles. The van der Waals surface area contributed by atoms with Gasteiger partial charge in [-0.25, -0.2) is 0 Å². The predicted octanol–water partition coefficient (Wildman–Crippen LogP) is 1.36. The van der Waals surface area contributed by atoms with Crippen LogP contribution in [0.25, 0.3) is 0 Å². The quantitative estimate of drug-likeness (QED) is 0.812. The first kappa shape index (κ1) is 15.7. The van der Waals surface area contributed by atoms with Gasteiger partial charge in [0, 0.05) is 6.54 Å². The van der Waals surface area contributed by atoms with Gasteiger partial charge in [-0.05, 0) is 32.4 Å². The molecule has 0 bridgehead atoms. The maximum Gasteiger partial charge on any atom is 0.232 e. The molecule has 3 rings (SSSR count). The molecule has 2 fully saturated rings. The molecule has 0 unspecified atom stereocenters. The standard InChI is InChI=1S/C14H22ClN5O2/c1-9-6-21-5-4-19(9)13-16-12(15)17-14(18-13)20-10(2)7-22-8-11(20)3/h9-11H,4-8H2,1-3H3/t9-,10-,11+/m1/s1. The topological polar surface area (TPSA) is 63.6 Å². The lowest BCUT2D eigenvalue weighted by molar-refractivity contribution is 0.0746. The molecule has 8 heteroatoms. The van der Waals surface area contributed by atoms with E-state index in [1.807, 2.05) is 0 Å². The number of rotatable bonds is 2. The van der Waals surface area contributed by atoms with Gasteiger partial charge in [-0.3, -0.25) is 0 Å². The fourth-order valence-electron chi connectivity index (χ4n) is 3.00. The van der Waals surface area contributed by atoms with Crippen molar-refractivity contribution >= 4 is 23.5 Å². The Balaban J connectivity index is 1.92. The third kappa shape index (κ3) is 3.11. The first-order valence-electron chi connectivity index (χ1n) is 7.68. The number of hydrogen-bond acceptors (Lipinski definition) is 7. The summed E-state index contributed by atoms with van der Waals surface area (Å²) >= 11 is 6.15. The summed E-state index contributed by atoms with van der Waals surface area (Å²) in [5, 5.41) is 0.226. The number of morpholine rings is 2. The summed E-state index contributed by atoms with van der Waals surface area (Å²) in [6.45, 7) is 9.73. The predicted molar refractivity (Wildman–Crippen MR) is 84.7 cm³/mol. The molecule has 0 amide bonds. The van der Waals surface area contributed by atoms with Crippen LogP contribution in [0.5, 0.6) is 0 Å². The van der Waals surface area contributed by atoms with E-state index in [0.717, 1.165) is 6.54 Å². The molecule has 0 N–H and O–H groups in total. The molecule has 3 atom stereocenters. The largest absolute Gasteiger partial charge is 0.377 e. The van der Waals surface area contributed by atoms with E-state index < -0.39 is 0 Å². The summed E-state index contributed by atoms with van der Waals surface area (Å²) < 4.78 is 11.0. The van der Waals surface area contributed by atoms with Crippen LogP contribution in [-0.4, -0.2) is 66.0 Å². The van der Waals surface area contributed by atoms with Crippen molar-refractivity contribution in [2.75, 3.05) is 42.8 Å². The molecule has 122 valence electrons. The lowest BCUT2D eigenvalue weighted by Gasteiger charge is -2.39. The van der Waals surface area contributed by atoms with Gasteiger partial charge in [0.2, 0.25) is 17.2 Å². The first-order chi connectivity index (χ1) is 10.6. The van der Waals surface area contributed by atoms with Crippen molar-refractivity contribution in [1.29, 1.82) is 0 Å². The molecule has 3 heterocycles. The summed E-state index contributed by atoms with van der Waals surface area (Å²) in [4.78, 5) is 17.6. The van der Waals surface area contributed by atoms with Gasteiger partial charge in [-0.1, -0.05) is 0 Å². The molecule has 0 aromatic carbocycles. The van der Waals surface area contributed by atoms with E-state index in [-0.39, 0.29) is 23.4 Å². The van der Waals surface area contributed by atoms with Crippen LogP contribution in [0, 0.1) is 0 Å². The second kappa shape index (κ2) is 6.52. The van der Waals surface area contributed by atoms with E-state index in [1.54, 1.807) is 0 Å². The highest BCUT2D eigenvalue weighted by Crippen LogP contribution is 2.24. The molecular formula is C14H22ClN5O2. The lowest BCUT2D eigenvalue weighted by Crippen LogP contribution is -2.51. The van der Waals surface area contributed by atoms with Gasteiger partial charge in [0.25, 0.3) is 0 Å². The van der Waals surface area contributed by atoms with Crippen molar-refractivity contribution in [3.63, 3.8) is 0 Å². The fourth-order valence-corrected chi connectivity index (χ4v) is 3.15. The first-order valence-corrected chi connectivity index (χ1v) is 8.06. The third-order valence-corrected chi connectivity index (χ3v) is 4.28. The Morgan fingerprint density at radius 3 is 2.23 bits per heavy atom. The molecule has 2 saturated heterocycles. The van der Waals surface area contributed by atoms with Gasteiger partial charge in [-0.15, -0.1) is 0 Å². The zero-order valence-electron chi connectivity index (χ0n) is 13.2. The molecule has 0 aliphatic carbocycles. The summed E-state index contributed by atoms with van der Waals surface area (Å²) in [5.74, 6) is 1.24. The minimum atomic E-state index is 0.206. The van der Waals surface area contributed by atoms with E-state index >= 15 is 0 Å². The minimum absolute atomic E-state index is 0.206. The van der Waals surface area contributed by atoms with Crippen LogP contribution in [0.1, 0.15) is 20.8 Å². The van der Waals surface area contributed by atoms with Gasteiger partial charge in [0.1, 0.15) is 0 Å². The second-order valence-electron chi connectivity index (χ2n) is 5.96. The van der Waals surface area contributed by atoms with Gasteiger partial charge in [-0.2, -0.15) is 15.0 Å². The summed E-state index contributed by atoms with van der Waals surface area (Å²) in [5.41, 5.74) is 0. The zero-order valence-corrected chi connectivity index (χ0v) is 14.0. The monoisotopic (exact) mass is 327 g/mol. The smallest absolute Gasteiger partial charge is 0.232 e. The van der Waals surface area contributed by atoms with Crippen molar-refractivity contribution < 1.29 is 9.47 Å². The van der Waals surface area contributed by atoms with Crippen molar-refractivity contribution in [3.05, 3.63) is 5.28 Å². The number of aromatic nitrogens is 3. The Hall–Kier alpha value is -1.18. The number of nitrogens with zero attached hydrogens (tertiary/aromatic N) is 5. The summed E-state index contributed by atoms with van der Waals surface area (Å²) in [6, 6.07) is 0.633. The van der Waals surface area contributed by atoms with E-state index in [1.165, 1.54) is 0 Å². The molecule has 22 heavy (non-hydrogen) atoms. The fraction of sp³-hybridized carbons (Fsp3) is 0.786. The van der Waals surface area contributed by atoms with E-state index in [9.17, 15) is 0 Å². The highest BCUT2D eigenvalue weighted by Gasteiger charge is 2.30. The van der Waals surface area contributed by atoms with Crippen LogP contribution in [-0.2, 0) is 9.47 Å². The van der Waals surface area contributed by atoms with E-state index in [0.29, 0.717) is 38.3 Å². The van der Waals surface area contributed by atoms with Crippen LogP contribution >= 0.6 is 11.6 Å². The third-order valence-electron chi connectivity index (χ3n) is 4.11. The number of halogens is 1. The van der Waals surface area contributed by atoms with Crippen molar-refractivity contribution in [1.82, 2.24) is 15.0 Å². The van der Waals surface area contributed by atoms with Crippen molar-refractivity contribution in [3.8, 4) is 0 Å². The average Bonchev–Trinajstić information content (AvgIpc) is 2.47. The van der Waals surface area contributed by atoms with E-state index in [4.69, 9.17) is 21.1 Å². The van der Waals surface area contributed by atoms with Crippen LogP contribution in [0.15, 0.2) is 0 Å². The second-order valence-corrected chi connectivity index (χ2v) is 6.30. The SMILES string of the molecule is C[C@@H]1COCCN1c1nc(Cl)nc(N2[C@H](C)COC[C@@H]2C)n1. The highest BCUT2D eigenvalue weighted by atomic mass is 35.5. The van der Waals surface area contributed by atoms with Crippen molar-refractivity contribution in [2.45, 2.75) is 38.9 Å². The molecule has 2 aliphatic heterocycles. The van der Waals surface area contributed by atoms with Crippen LogP contribution in [0.4, 0.5) is 11.9 Å².